The van der Waals surface area contributed by atoms with Crippen LogP contribution in [0.1, 0.15) is 22.3 Å². The number of halogens is 2. The van der Waals surface area contributed by atoms with Crippen LogP contribution in [0.15, 0.2) is 97.1 Å². The third kappa shape index (κ3) is 7.00. The molecule has 0 spiro atoms. The fourth-order valence-corrected chi connectivity index (χ4v) is 5.08. The molecule has 0 aliphatic carbocycles. The van der Waals surface area contributed by atoms with Crippen LogP contribution in [0.3, 0.4) is 0 Å². The Balaban J connectivity index is 1.55. The zero-order chi connectivity index (χ0) is 24.7. The van der Waals surface area contributed by atoms with Crippen molar-refractivity contribution in [2.75, 3.05) is 0 Å². The van der Waals surface area contributed by atoms with Crippen molar-refractivity contribution >= 4 is 45.2 Å². The van der Waals surface area contributed by atoms with Gasteiger partial charge in [0.25, 0.3) is 0 Å². The number of hydrogen-bond acceptors (Lipinski definition) is 3. The number of hydrogen-bond donors (Lipinski definition) is 1. The first kappa shape index (κ1) is 25.1. The van der Waals surface area contributed by atoms with Crippen molar-refractivity contribution in [2.45, 2.75) is 12.3 Å². The maximum atomic E-state index is 13.1. The van der Waals surface area contributed by atoms with Crippen LogP contribution in [-0.4, -0.2) is 8.42 Å². The Labute approximate surface area is 219 Å². The number of benzene rings is 4. The topological polar surface area (TPSA) is 55.4 Å². The second-order valence-electron chi connectivity index (χ2n) is 7.93. The predicted molar refractivity (Wildman–Crippen MR) is 148 cm³/mol. The van der Waals surface area contributed by atoms with Gasteiger partial charge < -0.3 is 3.07 Å². The Morgan fingerprint density at radius 3 is 2.17 bits per heavy atom. The molecule has 4 aromatic carbocycles. The van der Waals surface area contributed by atoms with Crippen LogP contribution >= 0.6 is 23.0 Å². The first-order valence-corrected chi connectivity index (χ1v) is 13.4. The highest BCUT2D eigenvalue weighted by Crippen LogP contribution is 2.29. The first-order chi connectivity index (χ1) is 16.9. The molecule has 0 bridgehead atoms. The summed E-state index contributed by atoms with van der Waals surface area (Å²) < 4.78 is 46.3. The van der Waals surface area contributed by atoms with Gasteiger partial charge in [0.2, 0.25) is 10.0 Å². The van der Waals surface area contributed by atoms with Crippen LogP contribution in [0.2, 0.25) is 0 Å². The fraction of sp³-hybridized carbons (Fsp3) is 0.0714. The molecule has 0 atom stereocenters. The molecule has 4 rings (SSSR count). The lowest BCUT2D eigenvalue weighted by Crippen LogP contribution is -2.25. The van der Waals surface area contributed by atoms with Gasteiger partial charge in [-0.15, -0.1) is 0 Å². The summed E-state index contributed by atoms with van der Waals surface area (Å²) in [7, 11) is -3.60. The summed E-state index contributed by atoms with van der Waals surface area (Å²) in [6, 6.07) is 29.0. The van der Waals surface area contributed by atoms with Crippen molar-refractivity contribution in [3.05, 3.63) is 125 Å². The lowest BCUT2D eigenvalue weighted by Gasteiger charge is -2.13. The molecule has 0 saturated heterocycles. The lowest BCUT2D eigenvalue weighted by molar-refractivity contribution is 0.580. The zero-order valence-corrected chi connectivity index (χ0v) is 21.7. The van der Waals surface area contributed by atoms with Crippen molar-refractivity contribution in [3.8, 4) is 16.9 Å². The maximum Gasteiger partial charge on any atom is 0.216 e. The Kier molecular flexibility index (Phi) is 8.33. The van der Waals surface area contributed by atoms with Crippen LogP contribution in [0.4, 0.5) is 4.39 Å². The first-order valence-electron chi connectivity index (χ1n) is 10.9. The van der Waals surface area contributed by atoms with Gasteiger partial charge in [-0.3, -0.25) is 0 Å². The van der Waals surface area contributed by atoms with Gasteiger partial charge >= 0.3 is 0 Å². The van der Waals surface area contributed by atoms with Gasteiger partial charge in [-0.1, -0.05) is 84.9 Å². The number of sulfonamides is 1. The maximum absolute atomic E-state index is 13.1. The van der Waals surface area contributed by atoms with E-state index in [1.807, 2.05) is 108 Å². The van der Waals surface area contributed by atoms with Gasteiger partial charge in [-0.05, 0) is 57.6 Å². The molecule has 0 heterocycles. The van der Waals surface area contributed by atoms with E-state index in [-0.39, 0.29) is 12.3 Å². The summed E-state index contributed by atoms with van der Waals surface area (Å²) in [5.41, 5.74) is 5.40. The minimum Gasteiger partial charge on any atom is -0.428 e. The molecular weight excluding hydrogens is 576 g/mol. The average molecular weight is 599 g/mol. The Bertz CT molecular complexity index is 1420. The van der Waals surface area contributed by atoms with E-state index in [0.717, 1.165) is 33.6 Å². The van der Waals surface area contributed by atoms with Gasteiger partial charge in [-0.2, -0.15) is 0 Å². The van der Waals surface area contributed by atoms with E-state index >= 15 is 0 Å². The molecule has 0 fully saturated rings. The molecular formula is C28H23FINO3S. The van der Waals surface area contributed by atoms with Gasteiger partial charge in [0.05, 0.1) is 5.75 Å². The minimum atomic E-state index is -3.60. The molecule has 0 aromatic heterocycles. The van der Waals surface area contributed by atoms with Crippen molar-refractivity contribution in [1.82, 2.24) is 4.72 Å². The predicted octanol–water partition coefficient (Wildman–Crippen LogP) is 7.01. The van der Waals surface area contributed by atoms with Crippen LogP contribution in [0, 0.1) is 5.82 Å². The summed E-state index contributed by atoms with van der Waals surface area (Å²) in [4.78, 5) is 0. The third-order valence-corrected chi connectivity index (χ3v) is 7.25. The van der Waals surface area contributed by atoms with E-state index in [1.165, 1.54) is 24.3 Å². The van der Waals surface area contributed by atoms with Crippen molar-refractivity contribution in [1.29, 1.82) is 0 Å². The highest BCUT2D eigenvalue weighted by Gasteiger charge is 2.14. The van der Waals surface area contributed by atoms with Crippen LogP contribution < -0.4 is 7.79 Å². The van der Waals surface area contributed by atoms with Gasteiger partial charge in [-0.25, -0.2) is 17.5 Å². The van der Waals surface area contributed by atoms with E-state index in [9.17, 15) is 12.8 Å². The summed E-state index contributed by atoms with van der Waals surface area (Å²) in [6.45, 7) is 0.148. The standard InChI is InChI=1S/C28H23FINO3S/c29-25-15-10-22(11-16-25)20-35(32,33)31-19-24-6-2-4-8-28(24)27-7-3-1-5-23(27)14-9-21-12-17-26(34-30)18-13-21/h1-18,31H,19-20H2/b14-9+. The largest absolute Gasteiger partial charge is 0.428 e. The van der Waals surface area contributed by atoms with E-state index in [0.29, 0.717) is 5.56 Å². The average Bonchev–Trinajstić information content (AvgIpc) is 2.88. The van der Waals surface area contributed by atoms with Gasteiger partial charge in [0, 0.05) is 6.54 Å². The molecule has 0 radical (unpaired) electrons. The SMILES string of the molecule is O=S(=O)(Cc1ccc(F)cc1)NCc1ccccc1-c1ccccc1/C=C/c1ccc(OI)cc1. The Hall–Kier alpha value is -3.01. The number of rotatable bonds is 9. The van der Waals surface area contributed by atoms with Crippen molar-refractivity contribution in [3.63, 3.8) is 0 Å². The molecule has 7 heteroatoms. The Morgan fingerprint density at radius 1 is 0.800 bits per heavy atom. The van der Waals surface area contributed by atoms with E-state index in [2.05, 4.69) is 4.72 Å². The highest BCUT2D eigenvalue weighted by molar-refractivity contribution is 14.1. The van der Waals surface area contributed by atoms with Crippen LogP contribution in [0.5, 0.6) is 5.75 Å². The molecule has 0 amide bonds. The highest BCUT2D eigenvalue weighted by atomic mass is 127. The summed E-state index contributed by atoms with van der Waals surface area (Å²) >= 11 is 1.85. The molecule has 0 aliphatic rings. The van der Waals surface area contributed by atoms with E-state index < -0.39 is 15.8 Å². The van der Waals surface area contributed by atoms with E-state index in [1.54, 1.807) is 0 Å². The van der Waals surface area contributed by atoms with Gasteiger partial charge in [0.15, 0.2) is 23.0 Å². The van der Waals surface area contributed by atoms with Crippen molar-refractivity contribution in [2.24, 2.45) is 0 Å². The van der Waals surface area contributed by atoms with Crippen molar-refractivity contribution < 1.29 is 15.9 Å². The summed E-state index contributed by atoms with van der Waals surface area (Å²) in [6.07, 6.45) is 4.08. The van der Waals surface area contributed by atoms with E-state index in [4.69, 9.17) is 3.07 Å². The Morgan fingerprint density at radius 2 is 1.46 bits per heavy atom. The molecule has 1 N–H and O–H groups in total. The molecule has 0 saturated carbocycles. The van der Waals surface area contributed by atoms with Crippen LogP contribution in [-0.2, 0) is 22.3 Å². The molecule has 4 aromatic rings. The van der Waals surface area contributed by atoms with Gasteiger partial charge in [0.1, 0.15) is 11.6 Å². The molecule has 4 nitrogen and oxygen atoms in total. The molecule has 0 aliphatic heterocycles. The fourth-order valence-electron chi connectivity index (χ4n) is 3.68. The second kappa shape index (κ2) is 11.6. The zero-order valence-electron chi connectivity index (χ0n) is 18.7. The van der Waals surface area contributed by atoms with Crippen LogP contribution in [0.25, 0.3) is 23.3 Å². The molecule has 35 heavy (non-hydrogen) atoms. The molecule has 0 unspecified atom stereocenters. The monoisotopic (exact) mass is 599 g/mol. The third-order valence-electron chi connectivity index (χ3n) is 5.45. The number of nitrogens with one attached hydrogen (secondary N) is 1. The lowest BCUT2D eigenvalue weighted by atomic mass is 9.95. The second-order valence-corrected chi connectivity index (χ2v) is 10.2. The quantitative estimate of drug-likeness (QED) is 0.166. The summed E-state index contributed by atoms with van der Waals surface area (Å²) in [5, 5.41) is 0. The smallest absolute Gasteiger partial charge is 0.216 e. The minimum absolute atomic E-state index is 0.148. The normalized spacial score (nSPS) is 11.6. The summed E-state index contributed by atoms with van der Waals surface area (Å²) in [5.74, 6) is 0.183. The molecule has 178 valence electrons.